The SMILES string of the molecule is O=C(O)CC/C(=N/OCc1ccccc1)c1ccc(Cl)c(Cl)c1. The summed E-state index contributed by atoms with van der Waals surface area (Å²) in [7, 11) is 0. The van der Waals surface area contributed by atoms with Gasteiger partial charge in [-0.15, -0.1) is 0 Å². The van der Waals surface area contributed by atoms with Crippen LogP contribution in [0.5, 0.6) is 0 Å². The van der Waals surface area contributed by atoms with Gasteiger partial charge in [-0.25, -0.2) is 0 Å². The van der Waals surface area contributed by atoms with Crippen LogP contribution in [0.15, 0.2) is 53.7 Å². The molecule has 0 aliphatic rings. The van der Waals surface area contributed by atoms with Gasteiger partial charge in [-0.05, 0) is 17.7 Å². The van der Waals surface area contributed by atoms with Crippen molar-refractivity contribution in [1.82, 2.24) is 0 Å². The Labute approximate surface area is 144 Å². The van der Waals surface area contributed by atoms with Gasteiger partial charge in [0.25, 0.3) is 0 Å². The van der Waals surface area contributed by atoms with E-state index in [1.165, 1.54) is 0 Å². The van der Waals surface area contributed by atoms with Crippen LogP contribution >= 0.6 is 23.2 Å². The Morgan fingerprint density at radius 1 is 1.04 bits per heavy atom. The molecule has 120 valence electrons. The van der Waals surface area contributed by atoms with Crippen LogP contribution in [0.25, 0.3) is 0 Å². The summed E-state index contributed by atoms with van der Waals surface area (Å²) in [5.41, 5.74) is 2.18. The Kier molecular flexibility index (Phi) is 6.44. The molecule has 2 aromatic rings. The first kappa shape index (κ1) is 17.3. The molecule has 0 saturated heterocycles. The molecule has 0 unspecified atom stereocenters. The summed E-state index contributed by atoms with van der Waals surface area (Å²) in [5, 5.41) is 13.8. The number of hydrogen-bond donors (Lipinski definition) is 1. The highest BCUT2D eigenvalue weighted by molar-refractivity contribution is 6.42. The Hall–Kier alpha value is -2.04. The van der Waals surface area contributed by atoms with Crippen LogP contribution in [0.3, 0.4) is 0 Å². The second-order valence-corrected chi connectivity index (χ2v) is 5.63. The fraction of sp³-hybridized carbons (Fsp3) is 0.176. The molecule has 0 heterocycles. The van der Waals surface area contributed by atoms with Crippen LogP contribution < -0.4 is 0 Å². The summed E-state index contributed by atoms with van der Waals surface area (Å²) in [5.74, 6) is -0.902. The summed E-state index contributed by atoms with van der Waals surface area (Å²) in [4.78, 5) is 16.2. The second kappa shape index (κ2) is 8.56. The van der Waals surface area contributed by atoms with E-state index in [0.29, 0.717) is 27.9 Å². The Morgan fingerprint density at radius 2 is 1.78 bits per heavy atom. The maximum absolute atomic E-state index is 10.8. The highest BCUT2D eigenvalue weighted by Gasteiger charge is 2.10. The summed E-state index contributed by atoms with van der Waals surface area (Å²) in [6.45, 7) is 0.304. The minimum Gasteiger partial charge on any atom is -0.481 e. The van der Waals surface area contributed by atoms with E-state index < -0.39 is 5.97 Å². The van der Waals surface area contributed by atoms with Crippen LogP contribution in [0.1, 0.15) is 24.0 Å². The zero-order valence-corrected chi connectivity index (χ0v) is 13.7. The number of carbonyl (C=O) groups is 1. The lowest BCUT2D eigenvalue weighted by Crippen LogP contribution is -2.06. The third-order valence-corrected chi connectivity index (χ3v) is 3.82. The molecule has 0 radical (unpaired) electrons. The zero-order valence-electron chi connectivity index (χ0n) is 12.2. The normalized spacial score (nSPS) is 11.3. The molecule has 0 atom stereocenters. The number of nitrogens with zero attached hydrogens (tertiary/aromatic N) is 1. The number of rotatable bonds is 7. The number of hydrogen-bond acceptors (Lipinski definition) is 3. The number of oxime groups is 1. The number of aliphatic carboxylic acids is 1. The highest BCUT2D eigenvalue weighted by Crippen LogP contribution is 2.23. The lowest BCUT2D eigenvalue weighted by Gasteiger charge is -2.07. The van der Waals surface area contributed by atoms with E-state index >= 15 is 0 Å². The second-order valence-electron chi connectivity index (χ2n) is 4.82. The van der Waals surface area contributed by atoms with Crippen molar-refractivity contribution < 1.29 is 14.7 Å². The highest BCUT2D eigenvalue weighted by atomic mass is 35.5. The minimum atomic E-state index is -0.902. The van der Waals surface area contributed by atoms with Gasteiger partial charge < -0.3 is 9.94 Å². The third-order valence-electron chi connectivity index (χ3n) is 3.08. The topological polar surface area (TPSA) is 58.9 Å². The molecule has 0 bridgehead atoms. The zero-order chi connectivity index (χ0) is 16.7. The monoisotopic (exact) mass is 351 g/mol. The summed E-state index contributed by atoms with van der Waals surface area (Å²) in [6.07, 6.45) is 0.190. The van der Waals surface area contributed by atoms with E-state index in [9.17, 15) is 4.79 Å². The van der Waals surface area contributed by atoms with Crippen molar-refractivity contribution in [2.24, 2.45) is 5.16 Å². The first-order valence-electron chi connectivity index (χ1n) is 6.96. The molecule has 0 amide bonds. The molecule has 2 aromatic carbocycles. The summed E-state index contributed by atoms with van der Waals surface area (Å²) < 4.78 is 0. The van der Waals surface area contributed by atoms with E-state index in [1.54, 1.807) is 18.2 Å². The maximum Gasteiger partial charge on any atom is 0.303 e. The van der Waals surface area contributed by atoms with Gasteiger partial charge in [0.1, 0.15) is 6.61 Å². The van der Waals surface area contributed by atoms with Crippen molar-refractivity contribution in [3.63, 3.8) is 0 Å². The van der Waals surface area contributed by atoms with Gasteiger partial charge in [-0.3, -0.25) is 4.79 Å². The Balaban J connectivity index is 2.13. The third kappa shape index (κ3) is 5.58. The van der Waals surface area contributed by atoms with Crippen molar-refractivity contribution in [2.45, 2.75) is 19.4 Å². The first-order chi connectivity index (χ1) is 11.1. The van der Waals surface area contributed by atoms with Gasteiger partial charge in [-0.2, -0.15) is 0 Å². The number of carboxylic acid groups (broad SMARTS) is 1. The molecule has 4 nitrogen and oxygen atoms in total. The average molecular weight is 352 g/mol. The molecule has 1 N–H and O–H groups in total. The molecular weight excluding hydrogens is 337 g/mol. The van der Waals surface area contributed by atoms with Gasteiger partial charge in [-0.1, -0.05) is 64.8 Å². The van der Waals surface area contributed by atoms with Crippen molar-refractivity contribution in [1.29, 1.82) is 0 Å². The molecule has 0 saturated carbocycles. The predicted molar refractivity (Wildman–Crippen MR) is 91.1 cm³/mol. The van der Waals surface area contributed by atoms with E-state index in [-0.39, 0.29) is 12.8 Å². The standard InChI is InChI=1S/C17H15Cl2NO3/c18-14-7-6-13(10-15(14)19)16(8-9-17(21)22)20-23-11-12-4-2-1-3-5-12/h1-7,10H,8-9,11H2,(H,21,22)/b20-16-. The Bertz CT molecular complexity index is 702. The quantitative estimate of drug-likeness (QED) is 0.576. The van der Waals surface area contributed by atoms with Gasteiger partial charge in [0, 0.05) is 12.0 Å². The molecule has 0 spiro atoms. The van der Waals surface area contributed by atoms with Crippen LogP contribution in [0.4, 0.5) is 0 Å². The molecule has 0 fully saturated rings. The molecule has 23 heavy (non-hydrogen) atoms. The number of benzene rings is 2. The fourth-order valence-corrected chi connectivity index (χ4v) is 2.20. The van der Waals surface area contributed by atoms with E-state index in [2.05, 4.69) is 5.16 Å². The van der Waals surface area contributed by atoms with Crippen molar-refractivity contribution >= 4 is 34.9 Å². The van der Waals surface area contributed by atoms with E-state index in [1.807, 2.05) is 30.3 Å². The minimum absolute atomic E-state index is 0.0478. The van der Waals surface area contributed by atoms with Gasteiger partial charge in [0.05, 0.1) is 22.2 Å². The molecule has 0 aromatic heterocycles. The van der Waals surface area contributed by atoms with Crippen molar-refractivity contribution in [3.8, 4) is 0 Å². The van der Waals surface area contributed by atoms with E-state index in [0.717, 1.165) is 5.56 Å². The van der Waals surface area contributed by atoms with Crippen LogP contribution in [0, 0.1) is 0 Å². The summed E-state index contributed by atoms with van der Waals surface area (Å²) >= 11 is 11.9. The van der Waals surface area contributed by atoms with Crippen LogP contribution in [0.2, 0.25) is 10.0 Å². The molecular formula is C17H15Cl2NO3. The largest absolute Gasteiger partial charge is 0.481 e. The summed E-state index contributed by atoms with van der Waals surface area (Å²) in [6, 6.07) is 14.6. The van der Waals surface area contributed by atoms with Crippen LogP contribution in [-0.2, 0) is 16.2 Å². The predicted octanol–water partition coefficient (Wildman–Crippen LogP) is 4.78. The maximum atomic E-state index is 10.8. The van der Waals surface area contributed by atoms with Gasteiger partial charge in [0.2, 0.25) is 0 Å². The number of halogens is 2. The molecule has 0 aliphatic heterocycles. The van der Waals surface area contributed by atoms with Crippen molar-refractivity contribution in [3.05, 3.63) is 69.7 Å². The average Bonchev–Trinajstić information content (AvgIpc) is 2.54. The van der Waals surface area contributed by atoms with Crippen LogP contribution in [-0.4, -0.2) is 16.8 Å². The van der Waals surface area contributed by atoms with E-state index in [4.69, 9.17) is 33.1 Å². The lowest BCUT2D eigenvalue weighted by molar-refractivity contribution is -0.136. The fourth-order valence-electron chi connectivity index (χ4n) is 1.90. The first-order valence-corrected chi connectivity index (χ1v) is 7.72. The van der Waals surface area contributed by atoms with Gasteiger partial charge in [0.15, 0.2) is 0 Å². The molecule has 6 heteroatoms. The Morgan fingerprint density at radius 3 is 2.43 bits per heavy atom. The van der Waals surface area contributed by atoms with Crippen molar-refractivity contribution in [2.75, 3.05) is 0 Å². The number of carboxylic acids is 1. The lowest BCUT2D eigenvalue weighted by atomic mass is 10.1. The smallest absolute Gasteiger partial charge is 0.303 e. The molecule has 0 aliphatic carbocycles. The van der Waals surface area contributed by atoms with Gasteiger partial charge >= 0.3 is 5.97 Å². The molecule has 2 rings (SSSR count).